The van der Waals surface area contributed by atoms with Gasteiger partial charge in [0.1, 0.15) is 17.2 Å². The van der Waals surface area contributed by atoms with Gasteiger partial charge in [0.05, 0.1) is 12.0 Å². The third-order valence-electron chi connectivity index (χ3n) is 6.91. The summed E-state index contributed by atoms with van der Waals surface area (Å²) in [5.74, 6) is 0.785. The molecular weight excluding hydrogens is 359 g/mol. The molecule has 0 aromatic heterocycles. The summed E-state index contributed by atoms with van der Waals surface area (Å²) >= 11 is 0. The van der Waals surface area contributed by atoms with Gasteiger partial charge in [-0.1, -0.05) is 0 Å². The molecule has 3 heterocycles. The number of carbonyl (C=O) groups excluding carboxylic acids is 2. The van der Waals surface area contributed by atoms with Crippen molar-refractivity contribution in [3.05, 3.63) is 23.2 Å². The summed E-state index contributed by atoms with van der Waals surface area (Å²) in [4.78, 5) is 29.9. The van der Waals surface area contributed by atoms with Crippen LogP contribution in [-0.2, 0) is 14.3 Å². The Hall–Kier alpha value is -1.69. The molecule has 0 radical (unpaired) electrons. The van der Waals surface area contributed by atoms with E-state index in [2.05, 4.69) is 18.7 Å². The van der Waals surface area contributed by atoms with E-state index in [1.54, 1.807) is 0 Å². The van der Waals surface area contributed by atoms with E-state index in [9.17, 15) is 14.0 Å². The molecule has 0 atom stereocenters. The van der Waals surface area contributed by atoms with Crippen molar-refractivity contribution < 1.29 is 18.7 Å². The molecule has 2 fully saturated rings. The van der Waals surface area contributed by atoms with Crippen molar-refractivity contribution >= 4 is 11.7 Å². The monoisotopic (exact) mass is 390 g/mol. The third-order valence-corrected chi connectivity index (χ3v) is 6.91. The number of likely N-dealkylation sites (tertiary alicyclic amines) is 2. The van der Waals surface area contributed by atoms with Crippen molar-refractivity contribution in [1.82, 2.24) is 9.80 Å². The van der Waals surface area contributed by atoms with Crippen LogP contribution in [0.3, 0.4) is 0 Å². The first kappa shape index (κ1) is 19.6. The molecule has 0 bridgehead atoms. The number of allylic oxidation sites excluding steroid dienone is 4. The van der Waals surface area contributed by atoms with E-state index in [4.69, 9.17) is 4.74 Å². The number of hydrogen-bond acceptors (Lipinski definition) is 4. The molecule has 1 spiro atoms. The zero-order chi connectivity index (χ0) is 19.9. The summed E-state index contributed by atoms with van der Waals surface area (Å²) in [6.45, 7) is 7.67. The largest absolute Gasteiger partial charge is 0.490 e. The second kappa shape index (κ2) is 7.62. The SMILES string of the molecule is CC(C)N1CCC(C(=O)N2CCC3(CC2)CC(=O)C2=C(CCC(F)=C2)O3)CC1. The van der Waals surface area contributed by atoms with Gasteiger partial charge in [-0.3, -0.25) is 9.59 Å². The number of halogens is 1. The Morgan fingerprint density at radius 3 is 2.50 bits per heavy atom. The summed E-state index contributed by atoms with van der Waals surface area (Å²) in [5, 5.41) is 0. The smallest absolute Gasteiger partial charge is 0.225 e. The van der Waals surface area contributed by atoms with Crippen LogP contribution in [0.4, 0.5) is 4.39 Å². The van der Waals surface area contributed by atoms with Gasteiger partial charge in [0.25, 0.3) is 0 Å². The van der Waals surface area contributed by atoms with E-state index < -0.39 is 5.60 Å². The highest BCUT2D eigenvalue weighted by atomic mass is 19.1. The fourth-order valence-electron chi connectivity index (χ4n) is 5.04. The lowest BCUT2D eigenvalue weighted by Crippen LogP contribution is -2.52. The maximum absolute atomic E-state index is 13.5. The van der Waals surface area contributed by atoms with Crippen LogP contribution in [0.1, 0.15) is 58.8 Å². The Morgan fingerprint density at radius 1 is 1.18 bits per heavy atom. The molecule has 0 aromatic rings. The number of ketones is 1. The summed E-state index contributed by atoms with van der Waals surface area (Å²) in [5.41, 5.74) is -0.0835. The topological polar surface area (TPSA) is 49.9 Å². The molecule has 5 nitrogen and oxygen atoms in total. The molecule has 154 valence electrons. The average molecular weight is 390 g/mol. The molecule has 2 saturated heterocycles. The minimum atomic E-state index is -0.505. The fourth-order valence-corrected chi connectivity index (χ4v) is 5.04. The Morgan fingerprint density at radius 2 is 1.86 bits per heavy atom. The maximum Gasteiger partial charge on any atom is 0.225 e. The predicted octanol–water partition coefficient (Wildman–Crippen LogP) is 3.36. The summed E-state index contributed by atoms with van der Waals surface area (Å²) in [7, 11) is 0. The van der Waals surface area contributed by atoms with Crippen LogP contribution >= 0.6 is 0 Å². The lowest BCUT2D eigenvalue weighted by Gasteiger charge is -2.46. The first-order valence-corrected chi connectivity index (χ1v) is 10.7. The normalized spacial score (nSPS) is 26.4. The third kappa shape index (κ3) is 3.76. The minimum Gasteiger partial charge on any atom is -0.490 e. The van der Waals surface area contributed by atoms with Crippen LogP contribution in [0, 0.1) is 5.92 Å². The van der Waals surface area contributed by atoms with Crippen molar-refractivity contribution in [2.75, 3.05) is 26.2 Å². The van der Waals surface area contributed by atoms with Crippen LogP contribution in [0.5, 0.6) is 0 Å². The summed E-state index contributed by atoms with van der Waals surface area (Å²) in [6, 6.07) is 0.536. The fraction of sp³-hybridized carbons (Fsp3) is 0.727. The van der Waals surface area contributed by atoms with Crippen molar-refractivity contribution in [2.45, 2.75) is 70.4 Å². The molecular formula is C22H31FN2O3. The first-order valence-electron chi connectivity index (χ1n) is 10.7. The highest BCUT2D eigenvalue weighted by Gasteiger charge is 2.45. The summed E-state index contributed by atoms with van der Waals surface area (Å²) in [6.07, 6.45) is 5.63. The van der Waals surface area contributed by atoms with E-state index in [0.29, 0.717) is 62.6 Å². The molecule has 0 unspecified atom stereocenters. The molecule has 28 heavy (non-hydrogen) atoms. The molecule has 3 aliphatic heterocycles. The minimum absolute atomic E-state index is 0.0167. The van der Waals surface area contributed by atoms with Crippen molar-refractivity contribution in [3.8, 4) is 0 Å². The van der Waals surface area contributed by atoms with Gasteiger partial charge >= 0.3 is 0 Å². The molecule has 4 aliphatic rings. The number of hydrogen-bond donors (Lipinski definition) is 0. The van der Waals surface area contributed by atoms with Crippen LogP contribution in [0.15, 0.2) is 23.2 Å². The number of Topliss-reactive ketones (excluding diaryl/α,β-unsaturated/α-hetero) is 1. The van der Waals surface area contributed by atoms with Gasteiger partial charge in [0.2, 0.25) is 5.91 Å². The van der Waals surface area contributed by atoms with Crippen molar-refractivity contribution in [1.29, 1.82) is 0 Å². The van der Waals surface area contributed by atoms with Gasteiger partial charge in [-0.05, 0) is 45.9 Å². The van der Waals surface area contributed by atoms with Gasteiger partial charge in [-0.15, -0.1) is 0 Å². The van der Waals surface area contributed by atoms with Crippen LogP contribution in [0.2, 0.25) is 0 Å². The quantitative estimate of drug-likeness (QED) is 0.726. The standard InChI is InChI=1S/C22H31FN2O3/c1-15(2)24-9-5-16(6-10-24)21(27)25-11-7-22(8-12-25)14-19(26)18-13-17(23)3-4-20(18)28-22/h13,15-16H,3-12,14H2,1-2H3. The Kier molecular flexibility index (Phi) is 5.34. The van der Waals surface area contributed by atoms with E-state index in [1.165, 1.54) is 6.08 Å². The zero-order valence-electron chi connectivity index (χ0n) is 17.0. The Balaban J connectivity index is 1.35. The lowest BCUT2D eigenvalue weighted by atomic mass is 9.80. The molecule has 6 heteroatoms. The van der Waals surface area contributed by atoms with Crippen molar-refractivity contribution in [2.24, 2.45) is 5.92 Å². The molecule has 0 N–H and O–H groups in total. The highest BCUT2D eigenvalue weighted by molar-refractivity contribution is 6.00. The van der Waals surface area contributed by atoms with Crippen LogP contribution < -0.4 is 0 Å². The van der Waals surface area contributed by atoms with E-state index >= 15 is 0 Å². The number of nitrogens with zero attached hydrogens (tertiary/aromatic N) is 2. The Labute approximate surface area is 166 Å². The first-order chi connectivity index (χ1) is 13.4. The average Bonchev–Trinajstić information content (AvgIpc) is 2.69. The molecule has 0 aromatic carbocycles. The number of rotatable bonds is 2. The van der Waals surface area contributed by atoms with Crippen LogP contribution in [0.25, 0.3) is 0 Å². The second-order valence-electron chi connectivity index (χ2n) is 9.04. The maximum atomic E-state index is 13.5. The molecule has 4 rings (SSSR count). The van der Waals surface area contributed by atoms with E-state index in [0.717, 1.165) is 25.9 Å². The molecule has 1 amide bonds. The number of piperidine rings is 2. The predicted molar refractivity (Wildman–Crippen MR) is 104 cm³/mol. The van der Waals surface area contributed by atoms with Gasteiger partial charge in [-0.2, -0.15) is 0 Å². The Bertz CT molecular complexity index is 711. The molecule has 1 aliphatic carbocycles. The van der Waals surface area contributed by atoms with Gasteiger partial charge in [0.15, 0.2) is 5.78 Å². The number of amides is 1. The summed E-state index contributed by atoms with van der Waals surface area (Å²) < 4.78 is 19.8. The van der Waals surface area contributed by atoms with Gasteiger partial charge < -0.3 is 14.5 Å². The van der Waals surface area contributed by atoms with E-state index in [-0.39, 0.29) is 23.4 Å². The van der Waals surface area contributed by atoms with Crippen molar-refractivity contribution in [3.63, 3.8) is 0 Å². The van der Waals surface area contributed by atoms with Gasteiger partial charge in [-0.25, -0.2) is 4.39 Å². The lowest BCUT2D eigenvalue weighted by molar-refractivity contribution is -0.145. The highest BCUT2D eigenvalue weighted by Crippen LogP contribution is 2.42. The van der Waals surface area contributed by atoms with Crippen LogP contribution in [-0.4, -0.2) is 59.3 Å². The zero-order valence-corrected chi connectivity index (χ0v) is 17.0. The number of carbonyl (C=O) groups is 2. The van der Waals surface area contributed by atoms with Gasteiger partial charge in [0, 0.05) is 50.7 Å². The van der Waals surface area contributed by atoms with E-state index in [1.807, 2.05) is 4.90 Å². The number of ether oxygens (including phenoxy) is 1. The second-order valence-corrected chi connectivity index (χ2v) is 9.04. The molecule has 0 saturated carbocycles.